The lowest BCUT2D eigenvalue weighted by molar-refractivity contribution is -0.136. The van der Waals surface area contributed by atoms with Gasteiger partial charge in [0.25, 0.3) is 0 Å². The molecule has 21 heavy (non-hydrogen) atoms. The summed E-state index contributed by atoms with van der Waals surface area (Å²) >= 11 is 10.1. The third-order valence-electron chi connectivity index (χ3n) is 2.60. The summed E-state index contributed by atoms with van der Waals surface area (Å²) in [6, 6.07) is 10.8. The number of benzene rings is 2. The van der Waals surface area contributed by atoms with E-state index >= 15 is 0 Å². The van der Waals surface area contributed by atoms with Crippen LogP contribution < -0.4 is 9.47 Å². The Bertz CT molecular complexity index is 671. The number of rotatable bonds is 4. The maximum absolute atomic E-state index is 11.8. The van der Waals surface area contributed by atoms with Gasteiger partial charge in [-0.3, -0.25) is 0 Å². The van der Waals surface area contributed by atoms with Crippen molar-refractivity contribution in [2.45, 2.75) is 6.92 Å². The second-order valence-electron chi connectivity index (χ2n) is 4.25. The maximum Gasteiger partial charge on any atom is 0.349 e. The van der Waals surface area contributed by atoms with Gasteiger partial charge in [0.15, 0.2) is 6.61 Å². The van der Waals surface area contributed by atoms with Crippen molar-refractivity contribution in [2.24, 2.45) is 0 Å². The monoisotopic (exact) mass is 476 g/mol. The SMILES string of the molecule is Cc1cc(OC(=O)COc2ccc(Br)cc2Br)ccc1Br. The zero-order valence-corrected chi connectivity index (χ0v) is 15.8. The van der Waals surface area contributed by atoms with Crippen molar-refractivity contribution in [3.8, 4) is 11.5 Å². The van der Waals surface area contributed by atoms with Crippen molar-refractivity contribution in [1.29, 1.82) is 0 Å². The molecule has 0 heterocycles. The number of aryl methyl sites for hydroxylation is 1. The van der Waals surface area contributed by atoms with Crippen molar-refractivity contribution in [1.82, 2.24) is 0 Å². The zero-order valence-electron chi connectivity index (χ0n) is 11.0. The molecule has 110 valence electrons. The first kappa shape index (κ1) is 16.5. The molecular formula is C15H11Br3O3. The van der Waals surface area contributed by atoms with Crippen LogP contribution in [0.2, 0.25) is 0 Å². The molecule has 0 aliphatic carbocycles. The molecule has 0 saturated carbocycles. The highest BCUT2D eigenvalue weighted by atomic mass is 79.9. The van der Waals surface area contributed by atoms with Crippen LogP contribution in [0, 0.1) is 6.92 Å². The van der Waals surface area contributed by atoms with E-state index in [0.717, 1.165) is 19.0 Å². The van der Waals surface area contributed by atoms with E-state index in [-0.39, 0.29) is 6.61 Å². The minimum Gasteiger partial charge on any atom is -0.481 e. The Balaban J connectivity index is 1.94. The summed E-state index contributed by atoms with van der Waals surface area (Å²) in [5.74, 6) is 0.632. The largest absolute Gasteiger partial charge is 0.481 e. The molecule has 0 amide bonds. The third kappa shape index (κ3) is 4.83. The van der Waals surface area contributed by atoms with Crippen LogP contribution in [-0.2, 0) is 4.79 Å². The Labute approximate surface area is 148 Å². The van der Waals surface area contributed by atoms with Crippen LogP contribution in [0.3, 0.4) is 0 Å². The van der Waals surface area contributed by atoms with Crippen LogP contribution in [-0.4, -0.2) is 12.6 Å². The van der Waals surface area contributed by atoms with Gasteiger partial charge in [-0.05, 0) is 64.8 Å². The lowest BCUT2D eigenvalue weighted by Gasteiger charge is -2.09. The molecule has 0 spiro atoms. The summed E-state index contributed by atoms with van der Waals surface area (Å²) in [4.78, 5) is 11.8. The van der Waals surface area contributed by atoms with Gasteiger partial charge in [-0.25, -0.2) is 4.79 Å². The molecular weight excluding hydrogens is 468 g/mol. The molecule has 0 saturated heterocycles. The summed E-state index contributed by atoms with van der Waals surface area (Å²) in [6.07, 6.45) is 0. The van der Waals surface area contributed by atoms with E-state index in [4.69, 9.17) is 9.47 Å². The van der Waals surface area contributed by atoms with Gasteiger partial charge in [0.05, 0.1) is 4.47 Å². The highest BCUT2D eigenvalue weighted by Crippen LogP contribution is 2.28. The minimum atomic E-state index is -0.452. The van der Waals surface area contributed by atoms with E-state index < -0.39 is 5.97 Å². The summed E-state index contributed by atoms with van der Waals surface area (Å²) in [7, 11) is 0. The van der Waals surface area contributed by atoms with E-state index in [1.165, 1.54) is 0 Å². The molecule has 0 aliphatic heterocycles. The molecule has 0 bridgehead atoms. The van der Waals surface area contributed by atoms with Gasteiger partial charge < -0.3 is 9.47 Å². The number of carbonyl (C=O) groups is 1. The predicted molar refractivity (Wildman–Crippen MR) is 91.9 cm³/mol. The molecule has 0 atom stereocenters. The summed E-state index contributed by atoms with van der Waals surface area (Å²) in [5.41, 5.74) is 0.997. The van der Waals surface area contributed by atoms with Crippen molar-refractivity contribution in [3.63, 3.8) is 0 Å². The summed E-state index contributed by atoms with van der Waals surface area (Å²) in [6.45, 7) is 1.77. The number of ether oxygens (including phenoxy) is 2. The fraction of sp³-hybridized carbons (Fsp3) is 0.133. The number of hydrogen-bond acceptors (Lipinski definition) is 3. The normalized spacial score (nSPS) is 10.3. The Morgan fingerprint density at radius 2 is 1.81 bits per heavy atom. The van der Waals surface area contributed by atoms with E-state index in [0.29, 0.717) is 11.5 Å². The van der Waals surface area contributed by atoms with Gasteiger partial charge in [-0.15, -0.1) is 0 Å². The van der Waals surface area contributed by atoms with Gasteiger partial charge in [0.1, 0.15) is 11.5 Å². The lowest BCUT2D eigenvalue weighted by atomic mass is 10.2. The molecule has 2 rings (SSSR count). The summed E-state index contributed by atoms with van der Waals surface area (Å²) < 4.78 is 13.3. The Morgan fingerprint density at radius 1 is 1.05 bits per heavy atom. The highest BCUT2D eigenvalue weighted by Gasteiger charge is 2.09. The molecule has 0 N–H and O–H groups in total. The van der Waals surface area contributed by atoms with Crippen LogP contribution in [0.5, 0.6) is 11.5 Å². The Kier molecular flexibility index (Phi) is 5.84. The van der Waals surface area contributed by atoms with Gasteiger partial charge in [-0.2, -0.15) is 0 Å². The first-order chi connectivity index (χ1) is 9.95. The molecule has 0 radical (unpaired) electrons. The number of hydrogen-bond donors (Lipinski definition) is 0. The smallest absolute Gasteiger partial charge is 0.349 e. The number of carbonyl (C=O) groups excluding carboxylic acids is 1. The van der Waals surface area contributed by atoms with Crippen molar-refractivity contribution < 1.29 is 14.3 Å². The van der Waals surface area contributed by atoms with Crippen LogP contribution in [0.25, 0.3) is 0 Å². The van der Waals surface area contributed by atoms with Gasteiger partial charge in [0, 0.05) is 8.95 Å². The fourth-order valence-electron chi connectivity index (χ4n) is 1.57. The highest BCUT2D eigenvalue weighted by molar-refractivity contribution is 9.11. The first-order valence-electron chi connectivity index (χ1n) is 6.00. The average molecular weight is 479 g/mol. The average Bonchev–Trinajstić information content (AvgIpc) is 2.42. The topological polar surface area (TPSA) is 35.5 Å². The van der Waals surface area contributed by atoms with E-state index in [1.54, 1.807) is 18.2 Å². The first-order valence-corrected chi connectivity index (χ1v) is 8.38. The van der Waals surface area contributed by atoms with Crippen molar-refractivity contribution in [3.05, 3.63) is 55.4 Å². The molecule has 3 nitrogen and oxygen atoms in total. The standard InChI is InChI=1S/C15H11Br3O3/c1-9-6-11(3-4-12(9)17)21-15(19)8-20-14-5-2-10(16)7-13(14)18/h2-7H,8H2,1H3. The van der Waals surface area contributed by atoms with Crippen molar-refractivity contribution >= 4 is 53.8 Å². The van der Waals surface area contributed by atoms with Gasteiger partial charge >= 0.3 is 5.97 Å². The van der Waals surface area contributed by atoms with Crippen LogP contribution in [0.15, 0.2) is 49.8 Å². The lowest BCUT2D eigenvalue weighted by Crippen LogP contribution is -2.17. The molecule has 6 heteroatoms. The fourth-order valence-corrected chi connectivity index (χ4v) is 2.98. The third-order valence-corrected chi connectivity index (χ3v) is 4.60. The predicted octanol–water partition coefficient (Wildman–Crippen LogP) is 5.27. The zero-order chi connectivity index (χ0) is 15.4. The van der Waals surface area contributed by atoms with Gasteiger partial charge in [0.2, 0.25) is 0 Å². The Morgan fingerprint density at radius 3 is 2.48 bits per heavy atom. The minimum absolute atomic E-state index is 0.157. The van der Waals surface area contributed by atoms with E-state index in [1.807, 2.05) is 25.1 Å². The number of halogens is 3. The second kappa shape index (κ2) is 7.42. The molecule has 0 fully saturated rings. The molecule has 0 aliphatic rings. The van der Waals surface area contributed by atoms with Gasteiger partial charge in [-0.1, -0.05) is 31.9 Å². The summed E-state index contributed by atoms with van der Waals surface area (Å²) in [5, 5.41) is 0. The molecule has 0 aromatic heterocycles. The molecule has 0 unspecified atom stereocenters. The maximum atomic E-state index is 11.8. The number of esters is 1. The van der Waals surface area contributed by atoms with Crippen LogP contribution in [0.4, 0.5) is 0 Å². The quantitative estimate of drug-likeness (QED) is 0.444. The van der Waals surface area contributed by atoms with E-state index in [2.05, 4.69) is 47.8 Å². The molecule has 2 aromatic carbocycles. The Hall–Kier alpha value is -0.850. The molecule has 2 aromatic rings. The second-order valence-corrected chi connectivity index (χ2v) is 6.87. The van der Waals surface area contributed by atoms with Crippen molar-refractivity contribution in [2.75, 3.05) is 6.61 Å². The van der Waals surface area contributed by atoms with Crippen LogP contribution >= 0.6 is 47.8 Å². The van der Waals surface area contributed by atoms with E-state index in [9.17, 15) is 4.79 Å². The van der Waals surface area contributed by atoms with Crippen LogP contribution in [0.1, 0.15) is 5.56 Å².